The molecule has 27 heavy (non-hydrogen) atoms. The molecule has 0 bridgehead atoms. The molecule has 0 spiro atoms. The van der Waals surface area contributed by atoms with Crippen LogP contribution >= 0.6 is 0 Å². The highest BCUT2D eigenvalue weighted by molar-refractivity contribution is 5.65. The molecule has 1 saturated carbocycles. The van der Waals surface area contributed by atoms with E-state index >= 15 is 0 Å². The van der Waals surface area contributed by atoms with Gasteiger partial charge in [-0.2, -0.15) is 10.1 Å². The maximum atomic E-state index is 11.1. The molecule has 2 aromatic heterocycles. The van der Waals surface area contributed by atoms with Crippen LogP contribution in [-0.4, -0.2) is 62.4 Å². The minimum Gasteiger partial charge on any atom is -0.465 e. The van der Waals surface area contributed by atoms with Gasteiger partial charge in [-0.05, 0) is 25.3 Å². The summed E-state index contributed by atoms with van der Waals surface area (Å²) in [6, 6.07) is 3.83. The number of nitrogens with one attached hydrogen (secondary N) is 2. The quantitative estimate of drug-likeness (QED) is 0.741. The summed E-state index contributed by atoms with van der Waals surface area (Å²) >= 11 is 0. The van der Waals surface area contributed by atoms with Crippen LogP contribution in [0.2, 0.25) is 0 Å². The van der Waals surface area contributed by atoms with Crippen LogP contribution in [0.15, 0.2) is 18.3 Å². The number of hydrogen-bond donors (Lipinski definition) is 3. The van der Waals surface area contributed by atoms with Crippen molar-refractivity contribution in [2.75, 3.05) is 30.4 Å². The first-order chi connectivity index (χ1) is 13.1. The second-order valence-corrected chi connectivity index (χ2v) is 7.34. The number of aromatic nitrogens is 4. The van der Waals surface area contributed by atoms with Crippen LogP contribution in [-0.2, 0) is 0 Å². The van der Waals surface area contributed by atoms with Crippen molar-refractivity contribution in [2.24, 2.45) is 0 Å². The highest BCUT2D eigenvalue weighted by atomic mass is 16.4. The van der Waals surface area contributed by atoms with Gasteiger partial charge < -0.3 is 20.2 Å². The molecule has 1 aliphatic carbocycles. The highest BCUT2D eigenvalue weighted by Crippen LogP contribution is 2.34. The van der Waals surface area contributed by atoms with Crippen LogP contribution in [0.5, 0.6) is 0 Å². The molecule has 1 saturated heterocycles. The minimum absolute atomic E-state index is 0.0389. The summed E-state index contributed by atoms with van der Waals surface area (Å²) in [5.41, 5.74) is 1.18. The third-order valence-corrected chi connectivity index (χ3v) is 5.59. The second kappa shape index (κ2) is 7.42. The van der Waals surface area contributed by atoms with E-state index in [2.05, 4.69) is 31.5 Å². The Labute approximate surface area is 157 Å². The maximum absolute atomic E-state index is 11.1. The zero-order valence-corrected chi connectivity index (χ0v) is 15.4. The standard InChI is InChI=1S/C18H25N7O2/c1-24(18(26)27)13-7-9-25(11-13)17-19-8-6-15(21-17)20-16-10-14(22-23-16)12-4-2-3-5-12/h6,8,10,12-13H,2-5,7,9,11H2,1H3,(H,26,27)(H2,19,20,21,22,23)/t13-/m0/s1. The van der Waals surface area contributed by atoms with E-state index in [0.717, 1.165) is 18.8 Å². The van der Waals surface area contributed by atoms with Gasteiger partial charge in [0.05, 0.1) is 6.04 Å². The fraction of sp³-hybridized carbons (Fsp3) is 0.556. The Morgan fingerprint density at radius 2 is 2.15 bits per heavy atom. The first-order valence-corrected chi connectivity index (χ1v) is 9.46. The van der Waals surface area contributed by atoms with E-state index in [1.165, 1.54) is 36.3 Å². The molecule has 1 amide bonds. The van der Waals surface area contributed by atoms with E-state index in [-0.39, 0.29) is 6.04 Å². The van der Waals surface area contributed by atoms with Gasteiger partial charge in [-0.1, -0.05) is 12.8 Å². The lowest BCUT2D eigenvalue weighted by molar-refractivity contribution is 0.142. The molecule has 1 aliphatic heterocycles. The number of H-pyrrole nitrogens is 1. The molecule has 3 N–H and O–H groups in total. The first-order valence-electron chi connectivity index (χ1n) is 9.46. The summed E-state index contributed by atoms with van der Waals surface area (Å²) in [5, 5.41) is 19.9. The van der Waals surface area contributed by atoms with Gasteiger partial charge in [-0.15, -0.1) is 0 Å². The van der Waals surface area contributed by atoms with Crippen molar-refractivity contribution in [3.63, 3.8) is 0 Å². The van der Waals surface area contributed by atoms with Crippen LogP contribution in [0, 0.1) is 0 Å². The lowest BCUT2D eigenvalue weighted by atomic mass is 10.0. The molecule has 0 radical (unpaired) electrons. The fourth-order valence-electron chi connectivity index (χ4n) is 3.94. The first kappa shape index (κ1) is 17.6. The van der Waals surface area contributed by atoms with Crippen LogP contribution in [0.4, 0.5) is 22.4 Å². The Hall–Kier alpha value is -2.84. The number of rotatable bonds is 5. The van der Waals surface area contributed by atoms with Gasteiger partial charge in [0.2, 0.25) is 5.95 Å². The monoisotopic (exact) mass is 371 g/mol. The Morgan fingerprint density at radius 3 is 2.93 bits per heavy atom. The van der Waals surface area contributed by atoms with E-state index in [1.54, 1.807) is 13.2 Å². The topological polar surface area (TPSA) is 110 Å². The highest BCUT2D eigenvalue weighted by Gasteiger charge is 2.29. The van der Waals surface area contributed by atoms with Gasteiger partial charge in [-0.3, -0.25) is 5.10 Å². The summed E-state index contributed by atoms with van der Waals surface area (Å²) < 4.78 is 0. The Bertz CT molecular complexity index is 803. The van der Waals surface area contributed by atoms with Crippen molar-refractivity contribution in [1.82, 2.24) is 25.1 Å². The Kier molecular flexibility index (Phi) is 4.83. The molecular weight excluding hydrogens is 346 g/mol. The van der Waals surface area contributed by atoms with E-state index in [9.17, 15) is 4.79 Å². The summed E-state index contributed by atoms with van der Waals surface area (Å²) in [5.74, 6) is 2.63. The van der Waals surface area contributed by atoms with Crippen molar-refractivity contribution >= 4 is 23.7 Å². The zero-order chi connectivity index (χ0) is 18.8. The molecule has 9 heteroatoms. The molecule has 2 fully saturated rings. The third-order valence-electron chi connectivity index (χ3n) is 5.59. The molecule has 1 atom stereocenters. The third kappa shape index (κ3) is 3.81. The van der Waals surface area contributed by atoms with Gasteiger partial charge in [0.15, 0.2) is 5.82 Å². The lowest BCUT2D eigenvalue weighted by Gasteiger charge is -2.22. The molecular formula is C18H25N7O2. The van der Waals surface area contributed by atoms with Gasteiger partial charge in [0.1, 0.15) is 5.82 Å². The number of likely N-dealkylation sites (N-methyl/N-ethyl adjacent to an activating group) is 1. The van der Waals surface area contributed by atoms with E-state index in [4.69, 9.17) is 5.11 Å². The molecule has 3 heterocycles. The smallest absolute Gasteiger partial charge is 0.407 e. The van der Waals surface area contributed by atoms with Crippen molar-refractivity contribution < 1.29 is 9.90 Å². The van der Waals surface area contributed by atoms with Crippen LogP contribution in [0.1, 0.15) is 43.7 Å². The summed E-state index contributed by atoms with van der Waals surface area (Å²) in [7, 11) is 1.61. The normalized spacial score (nSPS) is 20.2. The number of carboxylic acid groups (broad SMARTS) is 1. The average Bonchev–Trinajstić information content (AvgIpc) is 3.42. The van der Waals surface area contributed by atoms with Crippen LogP contribution in [0.3, 0.4) is 0 Å². The lowest BCUT2D eigenvalue weighted by Crippen LogP contribution is -2.38. The average molecular weight is 371 g/mol. The van der Waals surface area contributed by atoms with Crippen molar-refractivity contribution in [2.45, 2.75) is 44.1 Å². The van der Waals surface area contributed by atoms with E-state index in [1.807, 2.05) is 11.0 Å². The van der Waals surface area contributed by atoms with Gasteiger partial charge in [0.25, 0.3) is 0 Å². The number of carbonyl (C=O) groups is 1. The van der Waals surface area contributed by atoms with E-state index in [0.29, 0.717) is 24.2 Å². The van der Waals surface area contributed by atoms with Crippen molar-refractivity contribution in [3.05, 3.63) is 24.0 Å². The second-order valence-electron chi connectivity index (χ2n) is 7.34. The molecule has 144 valence electrons. The molecule has 4 rings (SSSR count). The van der Waals surface area contributed by atoms with Crippen molar-refractivity contribution in [1.29, 1.82) is 0 Å². The SMILES string of the molecule is CN(C(=O)O)[C@H]1CCN(c2nccc(Nc3cc(C4CCCC4)[nH]n3)n2)C1. The molecule has 9 nitrogen and oxygen atoms in total. The fourth-order valence-corrected chi connectivity index (χ4v) is 3.94. The predicted octanol–water partition coefficient (Wildman–Crippen LogP) is 2.79. The molecule has 0 aromatic carbocycles. The molecule has 0 unspecified atom stereocenters. The largest absolute Gasteiger partial charge is 0.465 e. The Morgan fingerprint density at radius 1 is 1.33 bits per heavy atom. The van der Waals surface area contributed by atoms with Crippen molar-refractivity contribution in [3.8, 4) is 0 Å². The summed E-state index contributed by atoms with van der Waals surface area (Å²) in [6.45, 7) is 1.33. The zero-order valence-electron chi connectivity index (χ0n) is 15.4. The van der Waals surface area contributed by atoms with Gasteiger partial charge in [-0.25, -0.2) is 9.78 Å². The Balaban J connectivity index is 1.42. The minimum atomic E-state index is -0.908. The summed E-state index contributed by atoms with van der Waals surface area (Å²) in [4.78, 5) is 23.4. The van der Waals surface area contributed by atoms with Gasteiger partial charge >= 0.3 is 6.09 Å². The van der Waals surface area contributed by atoms with Crippen LogP contribution in [0.25, 0.3) is 0 Å². The number of amides is 1. The van der Waals surface area contributed by atoms with E-state index < -0.39 is 6.09 Å². The van der Waals surface area contributed by atoms with Crippen LogP contribution < -0.4 is 10.2 Å². The maximum Gasteiger partial charge on any atom is 0.407 e. The molecule has 2 aromatic rings. The number of anilines is 3. The predicted molar refractivity (Wildman–Crippen MR) is 102 cm³/mol. The number of hydrogen-bond acceptors (Lipinski definition) is 6. The van der Waals surface area contributed by atoms with Gasteiger partial charge in [0, 0.05) is 44.0 Å². The molecule has 2 aliphatic rings. The number of nitrogens with zero attached hydrogens (tertiary/aromatic N) is 5. The summed E-state index contributed by atoms with van der Waals surface area (Å²) in [6.07, 6.45) is 6.60. The number of aromatic amines is 1.